The maximum atomic E-state index is 3.50. The van der Waals surface area contributed by atoms with Crippen molar-refractivity contribution >= 4 is 75.9 Å². The third kappa shape index (κ3) is 2.11. The lowest BCUT2D eigenvalue weighted by Crippen LogP contribution is -1.71. The third-order valence-corrected chi connectivity index (χ3v) is 5.14. The monoisotopic (exact) mass is 430 g/mol. The molecule has 0 nitrogen and oxygen atoms in total. The first kappa shape index (κ1) is 10.4. The summed E-state index contributed by atoms with van der Waals surface area (Å²) in [6.45, 7) is 0. The molecule has 2 aromatic rings. The number of hydrogen-bond donors (Lipinski definition) is 0. The second kappa shape index (κ2) is 4.16. The van der Waals surface area contributed by atoms with Gasteiger partial charge < -0.3 is 0 Å². The van der Waals surface area contributed by atoms with Crippen LogP contribution in [0.25, 0.3) is 10.1 Å². The molecule has 13 heavy (non-hydrogen) atoms. The zero-order valence-corrected chi connectivity index (χ0v) is 12.6. The summed E-state index contributed by atoms with van der Waals surface area (Å²) in [6.07, 6.45) is 0. The Morgan fingerprint density at radius 2 is 2.08 bits per heavy atom. The normalized spacial score (nSPS) is 11.0. The minimum absolute atomic E-state index is 0.944. The molecule has 0 atom stereocenters. The summed E-state index contributed by atoms with van der Waals surface area (Å²) < 4.78 is 3.83. The van der Waals surface area contributed by atoms with E-state index in [0.29, 0.717) is 0 Å². The molecule has 0 aliphatic carbocycles. The predicted molar refractivity (Wildman–Crippen MR) is 74.9 cm³/mol. The second-order valence-corrected chi connectivity index (χ2v) is 6.45. The van der Waals surface area contributed by atoms with E-state index in [9.17, 15) is 0 Å². The van der Waals surface area contributed by atoms with E-state index < -0.39 is 0 Å². The van der Waals surface area contributed by atoms with Gasteiger partial charge in [0.15, 0.2) is 0 Å². The molecule has 0 unspecified atom stereocenters. The van der Waals surface area contributed by atoms with Gasteiger partial charge in [-0.1, -0.05) is 31.9 Å². The van der Waals surface area contributed by atoms with E-state index in [2.05, 4.69) is 72.6 Å². The fourth-order valence-corrected chi connectivity index (χ4v) is 4.67. The lowest BCUT2D eigenvalue weighted by Gasteiger charge is -1.94. The van der Waals surface area contributed by atoms with Gasteiger partial charge in [-0.15, -0.1) is 11.3 Å². The summed E-state index contributed by atoms with van der Waals surface area (Å²) in [5.41, 5.74) is 0. The fraction of sp³-hybridized carbons (Fsp3) is 0.111. The zero-order chi connectivity index (χ0) is 9.42. The minimum Gasteiger partial charge on any atom is -0.139 e. The van der Waals surface area contributed by atoms with Gasteiger partial charge in [0.25, 0.3) is 0 Å². The quantitative estimate of drug-likeness (QED) is 0.432. The molecule has 0 fully saturated rings. The predicted octanol–water partition coefficient (Wildman–Crippen LogP) is 5.16. The Balaban J connectivity index is 2.75. The molecule has 0 saturated carbocycles. The van der Waals surface area contributed by atoms with Gasteiger partial charge in [-0.05, 0) is 40.8 Å². The number of rotatable bonds is 1. The smallest absolute Gasteiger partial charge is 0.0377 e. The number of fused-ring (bicyclic) bond motifs is 1. The van der Waals surface area contributed by atoms with Crippen LogP contribution in [0, 0.1) is 3.57 Å². The van der Waals surface area contributed by atoms with Crippen LogP contribution in [0.4, 0.5) is 0 Å². The molecule has 1 aromatic heterocycles. The molecule has 0 aliphatic heterocycles. The summed E-state index contributed by atoms with van der Waals surface area (Å²) >= 11 is 11.2. The molecule has 2 rings (SSSR count). The van der Waals surface area contributed by atoms with E-state index in [0.717, 1.165) is 9.80 Å². The van der Waals surface area contributed by atoms with E-state index in [1.54, 1.807) is 0 Å². The summed E-state index contributed by atoms with van der Waals surface area (Å²) in [4.78, 5) is 1.38. The molecule has 4 heteroatoms. The van der Waals surface area contributed by atoms with E-state index in [1.807, 2.05) is 11.3 Å². The molecule has 0 radical (unpaired) electrons. The topological polar surface area (TPSA) is 0 Å². The SMILES string of the molecule is BrCc1cc2c(I)cc(Br)cc2s1. The van der Waals surface area contributed by atoms with Crippen molar-refractivity contribution < 1.29 is 0 Å². The van der Waals surface area contributed by atoms with Gasteiger partial charge in [-0.2, -0.15) is 0 Å². The highest BCUT2D eigenvalue weighted by Gasteiger charge is 2.05. The average Bonchev–Trinajstić information content (AvgIpc) is 2.47. The van der Waals surface area contributed by atoms with E-state index in [4.69, 9.17) is 0 Å². The van der Waals surface area contributed by atoms with Crippen molar-refractivity contribution in [1.82, 2.24) is 0 Å². The van der Waals surface area contributed by atoms with Gasteiger partial charge >= 0.3 is 0 Å². The molecule has 0 aliphatic rings. The van der Waals surface area contributed by atoms with Crippen molar-refractivity contribution in [3.05, 3.63) is 31.1 Å². The number of hydrogen-bond acceptors (Lipinski definition) is 1. The van der Waals surface area contributed by atoms with Crippen LogP contribution < -0.4 is 0 Å². The zero-order valence-electron chi connectivity index (χ0n) is 6.48. The van der Waals surface area contributed by atoms with E-state index in [-0.39, 0.29) is 0 Å². The summed E-state index contributed by atoms with van der Waals surface area (Å²) in [5.74, 6) is 0. The van der Waals surface area contributed by atoms with Crippen LogP contribution in [0.2, 0.25) is 0 Å². The second-order valence-electron chi connectivity index (χ2n) is 2.65. The van der Waals surface area contributed by atoms with Gasteiger partial charge in [-0.25, -0.2) is 0 Å². The molecule has 1 heterocycles. The van der Waals surface area contributed by atoms with Crippen molar-refractivity contribution in [1.29, 1.82) is 0 Å². The molecule has 0 amide bonds. The summed E-state index contributed by atoms with van der Waals surface area (Å²) in [6, 6.07) is 6.57. The van der Waals surface area contributed by atoms with Crippen LogP contribution in [-0.4, -0.2) is 0 Å². The van der Waals surface area contributed by atoms with Crippen LogP contribution in [0.15, 0.2) is 22.7 Å². The van der Waals surface area contributed by atoms with Crippen molar-refractivity contribution in [3.63, 3.8) is 0 Å². The molecule has 0 N–H and O–H groups in total. The Morgan fingerprint density at radius 1 is 1.31 bits per heavy atom. The third-order valence-electron chi connectivity index (χ3n) is 1.73. The minimum atomic E-state index is 0.944. The van der Waals surface area contributed by atoms with Crippen LogP contribution in [0.1, 0.15) is 4.88 Å². The van der Waals surface area contributed by atoms with Gasteiger partial charge in [0.2, 0.25) is 0 Å². The van der Waals surface area contributed by atoms with Crippen molar-refractivity contribution in [2.75, 3.05) is 0 Å². The van der Waals surface area contributed by atoms with Gasteiger partial charge in [0.05, 0.1) is 0 Å². The van der Waals surface area contributed by atoms with Crippen LogP contribution in [0.5, 0.6) is 0 Å². The number of halogens is 3. The molecule has 1 aromatic carbocycles. The van der Waals surface area contributed by atoms with Crippen molar-refractivity contribution in [2.24, 2.45) is 0 Å². The fourth-order valence-electron chi connectivity index (χ4n) is 1.18. The largest absolute Gasteiger partial charge is 0.139 e. The van der Waals surface area contributed by atoms with E-state index in [1.165, 1.54) is 18.5 Å². The Labute approximate surface area is 111 Å². The molecular weight excluding hydrogens is 427 g/mol. The first-order valence-electron chi connectivity index (χ1n) is 3.64. The highest BCUT2D eigenvalue weighted by molar-refractivity contribution is 14.1. The number of alkyl halides is 1. The average molecular weight is 432 g/mol. The number of thiophene rings is 1. The summed E-state index contributed by atoms with van der Waals surface area (Å²) in [7, 11) is 0. The van der Waals surface area contributed by atoms with Crippen molar-refractivity contribution in [3.8, 4) is 0 Å². The molecule has 0 bridgehead atoms. The molecule has 0 spiro atoms. The lowest BCUT2D eigenvalue weighted by molar-refractivity contribution is 1.59. The first-order chi connectivity index (χ1) is 6.20. The Morgan fingerprint density at radius 3 is 2.77 bits per heavy atom. The Kier molecular flexibility index (Phi) is 3.33. The summed E-state index contributed by atoms with van der Waals surface area (Å²) in [5, 5.41) is 2.31. The highest BCUT2D eigenvalue weighted by Crippen LogP contribution is 2.33. The van der Waals surface area contributed by atoms with Crippen LogP contribution in [-0.2, 0) is 5.33 Å². The molecule has 68 valence electrons. The first-order valence-corrected chi connectivity index (χ1v) is 7.45. The maximum absolute atomic E-state index is 3.50. The Hall–Kier alpha value is 0.870. The highest BCUT2D eigenvalue weighted by atomic mass is 127. The number of benzene rings is 1. The van der Waals surface area contributed by atoms with Gasteiger partial charge in [0.1, 0.15) is 0 Å². The van der Waals surface area contributed by atoms with Crippen LogP contribution in [0.3, 0.4) is 0 Å². The lowest BCUT2D eigenvalue weighted by atomic mass is 10.2. The van der Waals surface area contributed by atoms with Crippen LogP contribution >= 0.6 is 65.8 Å². The Bertz CT molecular complexity index is 450. The van der Waals surface area contributed by atoms with Gasteiger partial charge in [-0.3, -0.25) is 0 Å². The van der Waals surface area contributed by atoms with Crippen molar-refractivity contribution in [2.45, 2.75) is 5.33 Å². The van der Waals surface area contributed by atoms with Gasteiger partial charge in [0, 0.05) is 28.3 Å². The molecular formula is C9H5Br2IS. The maximum Gasteiger partial charge on any atom is 0.0377 e. The standard InChI is InChI=1S/C9H5Br2IS/c10-4-6-3-7-8(12)1-5(11)2-9(7)13-6/h1-3H,4H2. The van der Waals surface area contributed by atoms with E-state index >= 15 is 0 Å². The molecule has 0 saturated heterocycles.